The van der Waals surface area contributed by atoms with E-state index in [0.717, 1.165) is 0 Å². The third kappa shape index (κ3) is 3.95. The van der Waals surface area contributed by atoms with Crippen LogP contribution in [0.5, 0.6) is 0 Å². The number of primary amides is 1. The number of hydrogen-bond acceptors (Lipinski definition) is 2. The highest BCUT2D eigenvalue weighted by Gasteiger charge is 1.95. The van der Waals surface area contributed by atoms with Gasteiger partial charge < -0.3 is 11.1 Å². The summed E-state index contributed by atoms with van der Waals surface area (Å²) in [6.45, 7) is 5.66. The third-order valence-corrected chi connectivity index (χ3v) is 1.02. The molecular formula is C7H14N2O. The van der Waals surface area contributed by atoms with Crippen molar-refractivity contribution in [2.45, 2.75) is 26.8 Å². The molecule has 0 heterocycles. The van der Waals surface area contributed by atoms with E-state index in [4.69, 9.17) is 5.73 Å². The smallest absolute Gasteiger partial charge is 0.245 e. The van der Waals surface area contributed by atoms with E-state index in [1.807, 2.05) is 13.8 Å². The number of carbonyl (C=O) groups is 1. The lowest BCUT2D eigenvalue weighted by Crippen LogP contribution is -2.20. The van der Waals surface area contributed by atoms with Crippen LogP contribution in [0.15, 0.2) is 11.8 Å². The number of nitrogens with two attached hydrogens (primary N) is 1. The Kier molecular flexibility index (Phi) is 3.54. The van der Waals surface area contributed by atoms with Crippen molar-refractivity contribution in [2.75, 3.05) is 0 Å². The molecule has 3 heteroatoms. The van der Waals surface area contributed by atoms with E-state index in [1.165, 1.54) is 0 Å². The molecule has 0 fully saturated rings. The number of rotatable bonds is 3. The van der Waals surface area contributed by atoms with Crippen LogP contribution in [0.25, 0.3) is 0 Å². The predicted molar refractivity (Wildman–Crippen MR) is 41.2 cm³/mol. The zero-order valence-corrected chi connectivity index (χ0v) is 6.64. The van der Waals surface area contributed by atoms with Crippen LogP contribution in [0.2, 0.25) is 0 Å². The normalized spacial score (nSPS) is 11.8. The molecule has 0 bridgehead atoms. The minimum absolute atomic E-state index is 0.342. The fraction of sp³-hybridized carbons (Fsp3) is 0.571. The molecule has 0 aromatic rings. The van der Waals surface area contributed by atoms with E-state index in [0.29, 0.717) is 11.6 Å². The molecule has 0 aliphatic heterocycles. The first-order valence-electron chi connectivity index (χ1n) is 3.26. The first kappa shape index (κ1) is 9.01. The molecule has 1 amide bonds. The average Bonchev–Trinajstić information content (AvgIpc) is 1.82. The Morgan fingerprint density at radius 3 is 2.40 bits per heavy atom. The van der Waals surface area contributed by atoms with E-state index >= 15 is 0 Å². The molecule has 0 aromatic carbocycles. The van der Waals surface area contributed by atoms with Crippen LogP contribution in [-0.2, 0) is 4.79 Å². The number of nitrogens with one attached hydrogen (secondary N) is 1. The van der Waals surface area contributed by atoms with Gasteiger partial charge in [-0.05, 0) is 20.8 Å². The second-order valence-corrected chi connectivity index (χ2v) is 2.51. The van der Waals surface area contributed by atoms with Crippen LogP contribution in [0.3, 0.4) is 0 Å². The van der Waals surface area contributed by atoms with Crippen LogP contribution in [-0.4, -0.2) is 11.9 Å². The Morgan fingerprint density at radius 1 is 1.60 bits per heavy atom. The monoisotopic (exact) mass is 142 g/mol. The first-order valence-corrected chi connectivity index (χ1v) is 3.26. The van der Waals surface area contributed by atoms with Gasteiger partial charge >= 0.3 is 0 Å². The van der Waals surface area contributed by atoms with Crippen molar-refractivity contribution in [1.82, 2.24) is 5.32 Å². The summed E-state index contributed by atoms with van der Waals surface area (Å²) in [6, 6.07) is 0.342. The lowest BCUT2D eigenvalue weighted by Gasteiger charge is -2.03. The summed E-state index contributed by atoms with van der Waals surface area (Å²) in [5.41, 5.74) is 5.52. The number of carbonyl (C=O) groups excluding carboxylic acids is 1. The van der Waals surface area contributed by atoms with Gasteiger partial charge in [-0.1, -0.05) is 0 Å². The number of hydrogen-bond donors (Lipinski definition) is 2. The highest BCUT2D eigenvalue weighted by atomic mass is 16.1. The van der Waals surface area contributed by atoms with Crippen LogP contribution < -0.4 is 11.1 Å². The Bertz CT molecular complexity index is 150. The fourth-order valence-electron chi connectivity index (χ4n) is 0.363. The highest BCUT2D eigenvalue weighted by molar-refractivity contribution is 5.91. The van der Waals surface area contributed by atoms with E-state index in [1.54, 1.807) is 13.1 Å². The minimum atomic E-state index is -0.381. The van der Waals surface area contributed by atoms with Gasteiger partial charge in [0.15, 0.2) is 0 Å². The van der Waals surface area contributed by atoms with E-state index < -0.39 is 0 Å². The van der Waals surface area contributed by atoms with Gasteiger partial charge in [0.2, 0.25) is 5.91 Å². The minimum Gasteiger partial charge on any atom is -0.388 e. The van der Waals surface area contributed by atoms with Crippen molar-refractivity contribution in [3.05, 3.63) is 11.8 Å². The molecule has 0 atom stereocenters. The third-order valence-electron chi connectivity index (χ3n) is 1.02. The zero-order valence-electron chi connectivity index (χ0n) is 6.64. The molecule has 0 spiro atoms. The van der Waals surface area contributed by atoms with Gasteiger partial charge in [0, 0.05) is 17.8 Å². The predicted octanol–water partition coefficient (Wildman–Crippen LogP) is 0.374. The molecule has 3 nitrogen and oxygen atoms in total. The first-order chi connectivity index (χ1) is 4.54. The van der Waals surface area contributed by atoms with Gasteiger partial charge in [0.1, 0.15) is 0 Å². The Morgan fingerprint density at radius 2 is 2.10 bits per heavy atom. The largest absolute Gasteiger partial charge is 0.388 e. The lowest BCUT2D eigenvalue weighted by atomic mass is 10.3. The van der Waals surface area contributed by atoms with E-state index in [2.05, 4.69) is 5.32 Å². The Labute approximate surface area is 61.3 Å². The zero-order chi connectivity index (χ0) is 8.15. The van der Waals surface area contributed by atoms with Crippen molar-refractivity contribution in [3.63, 3.8) is 0 Å². The van der Waals surface area contributed by atoms with Gasteiger partial charge in [-0.15, -0.1) is 0 Å². The summed E-state index contributed by atoms with van der Waals surface area (Å²) in [5.74, 6) is -0.381. The maximum Gasteiger partial charge on any atom is 0.245 e. The average molecular weight is 142 g/mol. The summed E-state index contributed by atoms with van der Waals surface area (Å²) in [6.07, 6.45) is 1.63. The van der Waals surface area contributed by atoms with Crippen LogP contribution >= 0.6 is 0 Å². The van der Waals surface area contributed by atoms with Crippen molar-refractivity contribution in [3.8, 4) is 0 Å². The van der Waals surface area contributed by atoms with Crippen LogP contribution in [0.4, 0.5) is 0 Å². The second kappa shape index (κ2) is 3.93. The van der Waals surface area contributed by atoms with Crippen LogP contribution in [0, 0.1) is 0 Å². The molecule has 0 aliphatic rings. The van der Waals surface area contributed by atoms with Gasteiger partial charge in [-0.3, -0.25) is 4.79 Å². The SMILES string of the molecule is C/C(=C/NC(C)C)C(N)=O. The summed E-state index contributed by atoms with van der Waals surface area (Å²) >= 11 is 0. The maximum absolute atomic E-state index is 10.4. The van der Waals surface area contributed by atoms with Crippen molar-refractivity contribution < 1.29 is 4.79 Å². The Hall–Kier alpha value is -0.990. The van der Waals surface area contributed by atoms with E-state index in [9.17, 15) is 4.79 Å². The van der Waals surface area contributed by atoms with E-state index in [-0.39, 0.29) is 5.91 Å². The summed E-state index contributed by atoms with van der Waals surface area (Å²) in [4.78, 5) is 10.4. The fourth-order valence-corrected chi connectivity index (χ4v) is 0.363. The quantitative estimate of drug-likeness (QED) is 0.559. The molecule has 0 aromatic heterocycles. The van der Waals surface area contributed by atoms with Gasteiger partial charge in [0.25, 0.3) is 0 Å². The maximum atomic E-state index is 10.4. The molecule has 58 valence electrons. The van der Waals surface area contributed by atoms with Crippen LogP contribution in [0.1, 0.15) is 20.8 Å². The van der Waals surface area contributed by atoms with Crippen molar-refractivity contribution >= 4 is 5.91 Å². The van der Waals surface area contributed by atoms with Crippen molar-refractivity contribution in [1.29, 1.82) is 0 Å². The molecule has 0 rings (SSSR count). The molecule has 3 N–H and O–H groups in total. The number of amides is 1. The topological polar surface area (TPSA) is 55.1 Å². The summed E-state index contributed by atoms with van der Waals surface area (Å²) in [5, 5.41) is 2.96. The van der Waals surface area contributed by atoms with Gasteiger partial charge in [0.05, 0.1) is 0 Å². The van der Waals surface area contributed by atoms with Gasteiger partial charge in [-0.25, -0.2) is 0 Å². The molecule has 0 saturated carbocycles. The highest BCUT2D eigenvalue weighted by Crippen LogP contribution is 1.87. The molecular weight excluding hydrogens is 128 g/mol. The second-order valence-electron chi connectivity index (χ2n) is 2.51. The molecule has 10 heavy (non-hydrogen) atoms. The van der Waals surface area contributed by atoms with Gasteiger partial charge in [-0.2, -0.15) is 0 Å². The molecule has 0 saturated heterocycles. The Balaban J connectivity index is 3.81. The standard InChI is InChI=1S/C7H14N2O/c1-5(2)9-4-6(3)7(8)10/h4-5,9H,1-3H3,(H2,8,10)/b6-4-. The lowest BCUT2D eigenvalue weighted by molar-refractivity contribution is -0.114. The molecule has 0 radical (unpaired) electrons. The summed E-state index contributed by atoms with van der Waals surface area (Å²) < 4.78 is 0. The molecule has 0 unspecified atom stereocenters. The van der Waals surface area contributed by atoms with Crippen molar-refractivity contribution in [2.24, 2.45) is 5.73 Å². The molecule has 0 aliphatic carbocycles. The summed E-state index contributed by atoms with van der Waals surface area (Å²) in [7, 11) is 0.